The van der Waals surface area contributed by atoms with Crippen LogP contribution in [0.2, 0.25) is 0 Å². The summed E-state index contributed by atoms with van der Waals surface area (Å²) in [5, 5.41) is 11.5. The van der Waals surface area contributed by atoms with E-state index in [4.69, 9.17) is 9.47 Å². The first-order valence-electron chi connectivity index (χ1n) is 9.50. The third kappa shape index (κ3) is 5.19. The van der Waals surface area contributed by atoms with E-state index in [1.165, 1.54) is 44.4 Å². The van der Waals surface area contributed by atoms with E-state index in [1.807, 2.05) is 4.90 Å². The molecule has 10 nitrogen and oxygen atoms in total. The van der Waals surface area contributed by atoms with Gasteiger partial charge in [-0.2, -0.15) is 0 Å². The van der Waals surface area contributed by atoms with Crippen LogP contribution in [0.25, 0.3) is 0 Å². The monoisotopic (exact) mass is 449 g/mol. The molecule has 1 aliphatic rings. The van der Waals surface area contributed by atoms with E-state index in [0.29, 0.717) is 37.6 Å². The summed E-state index contributed by atoms with van der Waals surface area (Å²) in [7, 11) is -0.764. The Bertz CT molecular complexity index is 1080. The van der Waals surface area contributed by atoms with Crippen molar-refractivity contribution in [1.82, 2.24) is 4.31 Å². The van der Waals surface area contributed by atoms with Gasteiger partial charge in [0.05, 0.1) is 28.6 Å². The summed E-state index contributed by atoms with van der Waals surface area (Å²) in [6.45, 7) is 1.83. The highest BCUT2D eigenvalue weighted by Crippen LogP contribution is 2.30. The number of morpholine rings is 1. The Kier molecular flexibility index (Phi) is 6.88. The number of carbonyl (C=O) groups is 1. The van der Waals surface area contributed by atoms with Crippen molar-refractivity contribution in [2.75, 3.05) is 45.3 Å². The average Bonchev–Trinajstić information content (AvgIpc) is 2.77. The summed E-state index contributed by atoms with van der Waals surface area (Å²) >= 11 is 0. The van der Waals surface area contributed by atoms with E-state index in [1.54, 1.807) is 12.1 Å². The number of hydrogen-bond donors (Lipinski definition) is 0. The maximum atomic E-state index is 12.5. The molecule has 0 unspecified atom stereocenters. The lowest BCUT2D eigenvalue weighted by Gasteiger charge is -2.28. The topological polar surface area (TPSA) is 119 Å². The minimum atomic E-state index is -3.62. The van der Waals surface area contributed by atoms with E-state index in [9.17, 15) is 23.3 Å². The molecule has 31 heavy (non-hydrogen) atoms. The number of rotatable bonds is 7. The van der Waals surface area contributed by atoms with Gasteiger partial charge in [0.1, 0.15) is 12.3 Å². The SMILES string of the molecule is CN(C)S(=O)(=O)c1cccc(COC(=O)c2ccc(N3CCOCC3)c([N+](=O)[O-])c2)c1. The van der Waals surface area contributed by atoms with Gasteiger partial charge < -0.3 is 14.4 Å². The molecule has 0 atom stereocenters. The lowest BCUT2D eigenvalue weighted by molar-refractivity contribution is -0.384. The van der Waals surface area contributed by atoms with Gasteiger partial charge in [-0.05, 0) is 29.8 Å². The van der Waals surface area contributed by atoms with E-state index < -0.39 is 20.9 Å². The Morgan fingerprint density at radius 1 is 1.19 bits per heavy atom. The lowest BCUT2D eigenvalue weighted by Crippen LogP contribution is -2.36. The third-order valence-electron chi connectivity index (χ3n) is 4.81. The van der Waals surface area contributed by atoms with Gasteiger partial charge in [-0.15, -0.1) is 0 Å². The molecule has 0 saturated carbocycles. The van der Waals surface area contributed by atoms with Gasteiger partial charge in [-0.1, -0.05) is 12.1 Å². The molecule has 0 bridgehead atoms. The Balaban J connectivity index is 1.75. The number of nitro benzene ring substituents is 1. The van der Waals surface area contributed by atoms with E-state index >= 15 is 0 Å². The van der Waals surface area contributed by atoms with Gasteiger partial charge in [0, 0.05) is 33.3 Å². The summed E-state index contributed by atoms with van der Waals surface area (Å²) in [5.41, 5.74) is 0.762. The standard InChI is InChI=1S/C20H23N3O7S/c1-21(2)31(27,28)17-5-3-4-15(12-17)14-30-20(24)16-6-7-18(19(13-16)23(25)26)22-8-10-29-11-9-22/h3-7,12-13H,8-11,14H2,1-2H3. The lowest BCUT2D eigenvalue weighted by atomic mass is 10.1. The molecule has 1 saturated heterocycles. The second-order valence-electron chi connectivity index (χ2n) is 7.07. The Hall–Kier alpha value is -3.02. The summed E-state index contributed by atoms with van der Waals surface area (Å²) in [4.78, 5) is 25.4. The molecule has 0 spiro atoms. The molecule has 2 aromatic carbocycles. The van der Waals surface area contributed by atoms with Crippen molar-refractivity contribution >= 4 is 27.4 Å². The normalized spacial score (nSPS) is 14.5. The zero-order valence-electron chi connectivity index (χ0n) is 17.2. The fourth-order valence-corrected chi connectivity index (χ4v) is 4.08. The second kappa shape index (κ2) is 9.41. The number of carbonyl (C=O) groups excluding carboxylic acids is 1. The predicted molar refractivity (Wildman–Crippen MR) is 113 cm³/mol. The van der Waals surface area contributed by atoms with Crippen molar-refractivity contribution in [3.8, 4) is 0 Å². The maximum Gasteiger partial charge on any atom is 0.338 e. The van der Waals surface area contributed by atoms with Crippen LogP contribution in [0, 0.1) is 10.1 Å². The van der Waals surface area contributed by atoms with Gasteiger partial charge >= 0.3 is 5.97 Å². The molecule has 1 aliphatic heterocycles. The van der Waals surface area contributed by atoms with E-state index in [2.05, 4.69) is 0 Å². The first kappa shape index (κ1) is 22.7. The minimum Gasteiger partial charge on any atom is -0.457 e. The van der Waals surface area contributed by atoms with Crippen LogP contribution in [0.1, 0.15) is 15.9 Å². The zero-order chi connectivity index (χ0) is 22.6. The van der Waals surface area contributed by atoms with E-state index in [0.717, 1.165) is 4.31 Å². The first-order chi connectivity index (χ1) is 14.7. The van der Waals surface area contributed by atoms with E-state index in [-0.39, 0.29) is 22.8 Å². The van der Waals surface area contributed by atoms with Crippen LogP contribution in [-0.2, 0) is 26.1 Å². The summed E-state index contributed by atoms with van der Waals surface area (Å²) < 4.78 is 36.1. The minimum absolute atomic E-state index is 0.0424. The van der Waals surface area contributed by atoms with Crippen molar-refractivity contribution in [2.45, 2.75) is 11.5 Å². The van der Waals surface area contributed by atoms with Gasteiger partial charge in [0.25, 0.3) is 5.69 Å². The molecule has 1 fully saturated rings. The van der Waals surface area contributed by atoms with Gasteiger partial charge in [0.2, 0.25) is 10.0 Å². The van der Waals surface area contributed by atoms with Crippen LogP contribution < -0.4 is 4.90 Å². The molecular weight excluding hydrogens is 426 g/mol. The number of anilines is 1. The molecule has 3 rings (SSSR count). The van der Waals surface area contributed by atoms with Crippen LogP contribution in [0.4, 0.5) is 11.4 Å². The molecule has 0 N–H and O–H groups in total. The molecule has 1 heterocycles. The number of nitro groups is 1. The Morgan fingerprint density at radius 3 is 2.55 bits per heavy atom. The largest absolute Gasteiger partial charge is 0.457 e. The van der Waals surface area contributed by atoms with Crippen LogP contribution in [-0.4, -0.2) is 64.0 Å². The summed E-state index contributed by atoms with van der Waals surface area (Å²) in [6.07, 6.45) is 0. The highest BCUT2D eigenvalue weighted by atomic mass is 32.2. The molecule has 11 heteroatoms. The molecule has 166 valence electrons. The number of hydrogen-bond acceptors (Lipinski definition) is 8. The van der Waals surface area contributed by atoms with Crippen molar-refractivity contribution < 1.29 is 27.6 Å². The number of benzene rings is 2. The molecule has 0 radical (unpaired) electrons. The predicted octanol–water partition coefficient (Wildman–Crippen LogP) is 2.04. The summed E-state index contributed by atoms with van der Waals surface area (Å²) in [6, 6.07) is 10.3. The van der Waals surface area contributed by atoms with Crippen molar-refractivity contribution in [2.24, 2.45) is 0 Å². The summed E-state index contributed by atoms with van der Waals surface area (Å²) in [5.74, 6) is -0.738. The zero-order valence-corrected chi connectivity index (χ0v) is 18.0. The van der Waals surface area contributed by atoms with Crippen LogP contribution in [0.5, 0.6) is 0 Å². The number of sulfonamides is 1. The van der Waals surface area contributed by atoms with Gasteiger partial charge in [0.15, 0.2) is 0 Å². The molecule has 0 amide bonds. The number of esters is 1. The van der Waals surface area contributed by atoms with Gasteiger partial charge in [-0.25, -0.2) is 17.5 Å². The Labute approximate surface area is 180 Å². The van der Waals surface area contributed by atoms with Crippen molar-refractivity contribution in [3.63, 3.8) is 0 Å². The molecule has 0 aromatic heterocycles. The highest BCUT2D eigenvalue weighted by Gasteiger charge is 2.24. The number of nitrogens with zero attached hydrogens (tertiary/aromatic N) is 3. The highest BCUT2D eigenvalue weighted by molar-refractivity contribution is 7.89. The average molecular weight is 449 g/mol. The second-order valence-corrected chi connectivity index (χ2v) is 9.22. The molecule has 2 aromatic rings. The Morgan fingerprint density at radius 2 is 1.90 bits per heavy atom. The number of ether oxygens (including phenoxy) is 2. The maximum absolute atomic E-state index is 12.5. The fraction of sp³-hybridized carbons (Fsp3) is 0.350. The third-order valence-corrected chi connectivity index (χ3v) is 6.62. The van der Waals surface area contributed by atoms with Crippen LogP contribution in [0.15, 0.2) is 47.4 Å². The van der Waals surface area contributed by atoms with Crippen LogP contribution in [0.3, 0.4) is 0 Å². The van der Waals surface area contributed by atoms with Crippen LogP contribution >= 0.6 is 0 Å². The van der Waals surface area contributed by atoms with Crippen molar-refractivity contribution in [3.05, 3.63) is 63.7 Å². The quantitative estimate of drug-likeness (QED) is 0.358. The smallest absolute Gasteiger partial charge is 0.338 e. The first-order valence-corrected chi connectivity index (χ1v) is 10.9. The van der Waals surface area contributed by atoms with Crippen molar-refractivity contribution in [1.29, 1.82) is 0 Å². The molecule has 0 aliphatic carbocycles. The van der Waals surface area contributed by atoms with Gasteiger partial charge in [-0.3, -0.25) is 10.1 Å². The molecular formula is C20H23N3O7S. The fourth-order valence-electron chi connectivity index (χ4n) is 3.11.